The summed E-state index contributed by atoms with van der Waals surface area (Å²) in [6.45, 7) is 3.20. The molecule has 0 radical (unpaired) electrons. The first kappa shape index (κ1) is 44.7. The maximum absolute atomic E-state index is 12.6. The lowest BCUT2D eigenvalue weighted by Crippen LogP contribution is -2.59. The van der Waals surface area contributed by atoms with Gasteiger partial charge in [-0.2, -0.15) is 0 Å². The van der Waals surface area contributed by atoms with Gasteiger partial charge in [-0.05, 0) is 51.4 Å². The standard InChI is InChI=1S/C39H66O10/c1-3-5-7-9-11-13-14-15-16-17-18-20-21-23-25-27-34(41)46-30-32(31-47-39-38(45)37(44)36(43)33(29-40)49-39)48-35(42)28-26-24-22-19-12-10-8-6-4-2/h5,7,11,13,15-16,18,20,32-33,36-40,43-45H,3-4,6,8-10,12,14,17,19,21-31H2,1-2H3/b7-5+,13-11+,16-15+,20-18+/t32-,33-,36+,37?,38?,39-/m0/s1. The molecule has 282 valence electrons. The summed E-state index contributed by atoms with van der Waals surface area (Å²) in [5.41, 5.74) is 0. The van der Waals surface area contributed by atoms with Crippen LogP contribution in [0.5, 0.6) is 0 Å². The number of allylic oxidation sites excluding steroid dienone is 8. The molecule has 1 heterocycles. The second kappa shape index (κ2) is 30.5. The first-order chi connectivity index (χ1) is 23.8. The third-order valence-electron chi connectivity index (χ3n) is 8.23. The number of hydrogen-bond acceptors (Lipinski definition) is 10. The maximum atomic E-state index is 12.6. The largest absolute Gasteiger partial charge is 0.462 e. The number of aliphatic hydroxyl groups is 4. The molecule has 0 aromatic carbocycles. The summed E-state index contributed by atoms with van der Waals surface area (Å²) in [5, 5.41) is 39.8. The van der Waals surface area contributed by atoms with Gasteiger partial charge in [0, 0.05) is 12.8 Å². The second-order valence-corrected chi connectivity index (χ2v) is 12.7. The van der Waals surface area contributed by atoms with Crippen molar-refractivity contribution in [3.05, 3.63) is 48.6 Å². The molecule has 0 spiro atoms. The summed E-state index contributed by atoms with van der Waals surface area (Å²) in [5.74, 6) is -0.864. The monoisotopic (exact) mass is 694 g/mol. The Hall–Kier alpha value is -2.34. The van der Waals surface area contributed by atoms with Crippen molar-refractivity contribution in [3.63, 3.8) is 0 Å². The Labute approximate surface area is 295 Å². The van der Waals surface area contributed by atoms with Gasteiger partial charge >= 0.3 is 11.9 Å². The van der Waals surface area contributed by atoms with Crippen LogP contribution in [0.1, 0.15) is 129 Å². The Kier molecular flexibility index (Phi) is 27.8. The quantitative estimate of drug-likeness (QED) is 0.0386. The van der Waals surface area contributed by atoms with Crippen molar-refractivity contribution in [2.24, 2.45) is 0 Å². The molecule has 49 heavy (non-hydrogen) atoms. The molecule has 0 bridgehead atoms. The average molecular weight is 695 g/mol. The van der Waals surface area contributed by atoms with Crippen LogP contribution in [0.15, 0.2) is 48.6 Å². The summed E-state index contributed by atoms with van der Waals surface area (Å²) >= 11 is 0. The summed E-state index contributed by atoms with van der Waals surface area (Å²) in [7, 11) is 0. The van der Waals surface area contributed by atoms with Crippen LogP contribution in [-0.4, -0.2) is 89.0 Å². The first-order valence-electron chi connectivity index (χ1n) is 18.7. The van der Waals surface area contributed by atoms with Crippen molar-refractivity contribution in [1.29, 1.82) is 0 Å². The van der Waals surface area contributed by atoms with Crippen molar-refractivity contribution in [1.82, 2.24) is 0 Å². The van der Waals surface area contributed by atoms with E-state index in [4.69, 9.17) is 18.9 Å². The molecule has 1 fully saturated rings. The zero-order valence-electron chi connectivity index (χ0n) is 30.2. The number of ether oxygens (including phenoxy) is 4. The molecule has 1 saturated heterocycles. The fourth-order valence-electron chi connectivity index (χ4n) is 5.24. The van der Waals surface area contributed by atoms with Crippen LogP contribution in [0.25, 0.3) is 0 Å². The molecule has 0 aromatic heterocycles. The van der Waals surface area contributed by atoms with E-state index in [-0.39, 0.29) is 26.1 Å². The minimum absolute atomic E-state index is 0.220. The number of esters is 2. The lowest BCUT2D eigenvalue weighted by molar-refractivity contribution is -0.305. The number of carbonyl (C=O) groups excluding carboxylic acids is 2. The van der Waals surface area contributed by atoms with E-state index < -0.39 is 55.4 Å². The predicted octanol–water partition coefficient (Wildman–Crippen LogP) is 6.54. The maximum Gasteiger partial charge on any atom is 0.306 e. The van der Waals surface area contributed by atoms with E-state index in [1.165, 1.54) is 32.1 Å². The van der Waals surface area contributed by atoms with Crippen LogP contribution >= 0.6 is 0 Å². The number of carbonyl (C=O) groups is 2. The third kappa shape index (κ3) is 22.9. The zero-order valence-corrected chi connectivity index (χ0v) is 30.2. The SMILES string of the molecule is CC/C=C/C/C=C/C/C=C/C/C=C/CCCCC(=O)OC[C@@H](CO[C@H]1O[C@@H](CO)[C@@H](O)C(O)C1O)OC(=O)CCCCCCCCCCC. The van der Waals surface area contributed by atoms with Gasteiger partial charge in [0.15, 0.2) is 12.4 Å². The molecule has 0 amide bonds. The van der Waals surface area contributed by atoms with E-state index in [1.807, 2.05) is 0 Å². The zero-order chi connectivity index (χ0) is 36.0. The van der Waals surface area contributed by atoms with Crippen LogP contribution in [0, 0.1) is 0 Å². The molecular weight excluding hydrogens is 628 g/mol. The van der Waals surface area contributed by atoms with Gasteiger partial charge in [0.25, 0.3) is 0 Å². The normalized spacial score (nSPS) is 22.1. The smallest absolute Gasteiger partial charge is 0.306 e. The molecule has 1 aliphatic heterocycles. The van der Waals surface area contributed by atoms with Crippen molar-refractivity contribution in [2.75, 3.05) is 19.8 Å². The molecule has 0 aliphatic carbocycles. The highest BCUT2D eigenvalue weighted by Crippen LogP contribution is 2.22. The third-order valence-corrected chi connectivity index (χ3v) is 8.23. The van der Waals surface area contributed by atoms with E-state index in [0.29, 0.717) is 12.8 Å². The van der Waals surface area contributed by atoms with Gasteiger partial charge in [0.2, 0.25) is 0 Å². The van der Waals surface area contributed by atoms with Gasteiger partial charge < -0.3 is 39.4 Å². The van der Waals surface area contributed by atoms with E-state index in [9.17, 15) is 30.0 Å². The van der Waals surface area contributed by atoms with E-state index >= 15 is 0 Å². The van der Waals surface area contributed by atoms with E-state index in [1.54, 1.807) is 0 Å². The van der Waals surface area contributed by atoms with Gasteiger partial charge in [0.1, 0.15) is 31.0 Å². The summed E-state index contributed by atoms with van der Waals surface area (Å²) in [6.07, 6.45) is 25.6. The highest BCUT2D eigenvalue weighted by molar-refractivity contribution is 5.70. The van der Waals surface area contributed by atoms with E-state index in [0.717, 1.165) is 57.8 Å². The lowest BCUT2D eigenvalue weighted by Gasteiger charge is -2.39. The molecule has 2 unspecified atom stereocenters. The Bertz CT molecular complexity index is 944. The Morgan fingerprint density at radius 1 is 0.653 bits per heavy atom. The number of aliphatic hydroxyl groups excluding tert-OH is 4. The Morgan fingerprint density at radius 3 is 1.82 bits per heavy atom. The molecular formula is C39H66O10. The Balaban J connectivity index is 2.43. The minimum Gasteiger partial charge on any atom is -0.462 e. The van der Waals surface area contributed by atoms with Crippen LogP contribution in [-0.2, 0) is 28.5 Å². The minimum atomic E-state index is -1.60. The molecule has 10 heteroatoms. The van der Waals surface area contributed by atoms with Crippen LogP contribution in [0.3, 0.4) is 0 Å². The lowest BCUT2D eigenvalue weighted by atomic mass is 9.99. The highest BCUT2D eigenvalue weighted by Gasteiger charge is 2.44. The Morgan fingerprint density at radius 2 is 1.20 bits per heavy atom. The highest BCUT2D eigenvalue weighted by atomic mass is 16.7. The fourth-order valence-corrected chi connectivity index (χ4v) is 5.24. The molecule has 6 atom stereocenters. The second-order valence-electron chi connectivity index (χ2n) is 12.7. The summed E-state index contributed by atoms with van der Waals surface area (Å²) in [6, 6.07) is 0. The fraction of sp³-hybridized carbons (Fsp3) is 0.744. The molecule has 10 nitrogen and oxygen atoms in total. The average Bonchev–Trinajstić information content (AvgIpc) is 3.10. The summed E-state index contributed by atoms with van der Waals surface area (Å²) < 4.78 is 22.0. The van der Waals surface area contributed by atoms with Crippen molar-refractivity contribution < 1.29 is 49.0 Å². The topological polar surface area (TPSA) is 152 Å². The molecule has 4 N–H and O–H groups in total. The molecule has 0 aromatic rings. The van der Waals surface area contributed by atoms with Crippen molar-refractivity contribution in [2.45, 2.75) is 166 Å². The molecule has 0 saturated carbocycles. The van der Waals surface area contributed by atoms with Crippen molar-refractivity contribution >= 4 is 11.9 Å². The van der Waals surface area contributed by atoms with E-state index in [2.05, 4.69) is 62.5 Å². The van der Waals surface area contributed by atoms with Crippen LogP contribution in [0.2, 0.25) is 0 Å². The molecule has 1 rings (SSSR count). The van der Waals surface area contributed by atoms with Gasteiger partial charge in [0.05, 0.1) is 13.2 Å². The van der Waals surface area contributed by atoms with Gasteiger partial charge in [-0.15, -0.1) is 0 Å². The predicted molar refractivity (Wildman–Crippen MR) is 192 cm³/mol. The number of rotatable bonds is 29. The molecule has 1 aliphatic rings. The van der Waals surface area contributed by atoms with Crippen molar-refractivity contribution in [3.8, 4) is 0 Å². The summed E-state index contributed by atoms with van der Waals surface area (Å²) in [4.78, 5) is 25.1. The van der Waals surface area contributed by atoms with Gasteiger partial charge in [-0.1, -0.05) is 114 Å². The van der Waals surface area contributed by atoms with Gasteiger partial charge in [-0.25, -0.2) is 0 Å². The number of hydrogen-bond donors (Lipinski definition) is 4. The van der Waals surface area contributed by atoms with Crippen LogP contribution in [0.4, 0.5) is 0 Å². The van der Waals surface area contributed by atoms with Crippen LogP contribution < -0.4 is 0 Å². The first-order valence-corrected chi connectivity index (χ1v) is 18.7. The van der Waals surface area contributed by atoms with Gasteiger partial charge in [-0.3, -0.25) is 9.59 Å². The number of unbranched alkanes of at least 4 members (excludes halogenated alkanes) is 10.